The molecule has 0 aliphatic carbocycles. The Hall–Kier alpha value is -1.55. The first-order chi connectivity index (χ1) is 7.87. The summed E-state index contributed by atoms with van der Waals surface area (Å²) in [6, 6.07) is 4.90. The molecule has 4 heteroatoms. The lowest BCUT2D eigenvalue weighted by atomic mass is 10.1. The highest BCUT2D eigenvalue weighted by molar-refractivity contribution is 5.96. The van der Waals surface area contributed by atoms with E-state index in [4.69, 9.17) is 4.74 Å². The minimum atomic E-state index is -0.402. The fourth-order valence-corrected chi connectivity index (χ4v) is 1.33. The third kappa shape index (κ3) is 3.46. The van der Waals surface area contributed by atoms with Crippen molar-refractivity contribution in [2.24, 2.45) is 0 Å². The number of methoxy groups -OCH3 is 1. The zero-order valence-corrected chi connectivity index (χ0v) is 10.7. The zero-order valence-electron chi connectivity index (χ0n) is 10.7. The second kappa shape index (κ2) is 5.19. The molecule has 2 N–H and O–H groups in total. The summed E-state index contributed by atoms with van der Waals surface area (Å²) in [5.41, 5.74) is 0.664. The Labute approximate surface area is 102 Å². The highest BCUT2D eigenvalue weighted by Gasteiger charge is 2.19. The summed E-state index contributed by atoms with van der Waals surface area (Å²) in [6.45, 7) is 5.91. The summed E-state index contributed by atoms with van der Waals surface area (Å²) in [6.07, 6.45) is 0. The maximum atomic E-state index is 11.9. The topological polar surface area (TPSA) is 58.6 Å². The van der Waals surface area contributed by atoms with E-state index in [2.05, 4.69) is 5.32 Å². The van der Waals surface area contributed by atoms with Crippen molar-refractivity contribution in [1.29, 1.82) is 0 Å². The van der Waals surface area contributed by atoms with Crippen LogP contribution in [0.3, 0.4) is 0 Å². The van der Waals surface area contributed by atoms with Crippen LogP contribution in [-0.2, 0) is 4.74 Å². The summed E-state index contributed by atoms with van der Waals surface area (Å²) >= 11 is 0. The van der Waals surface area contributed by atoms with Crippen LogP contribution in [0.5, 0.6) is 5.75 Å². The highest BCUT2D eigenvalue weighted by Crippen LogP contribution is 2.19. The Balaban J connectivity index is 2.74. The van der Waals surface area contributed by atoms with Gasteiger partial charge >= 0.3 is 0 Å². The molecular weight excluding hydrogens is 218 g/mol. The molecule has 0 aliphatic heterocycles. The molecule has 4 nitrogen and oxygen atoms in total. The normalized spacial score (nSPS) is 11.3. The monoisotopic (exact) mass is 237 g/mol. The van der Waals surface area contributed by atoms with Crippen LogP contribution in [-0.4, -0.2) is 30.3 Å². The number of carbonyl (C=O) groups is 1. The van der Waals surface area contributed by atoms with Gasteiger partial charge in [-0.25, -0.2) is 0 Å². The van der Waals surface area contributed by atoms with Crippen LogP contribution in [0.15, 0.2) is 18.2 Å². The lowest BCUT2D eigenvalue weighted by Gasteiger charge is -2.23. The Morgan fingerprint density at radius 2 is 2.12 bits per heavy atom. The molecule has 0 heterocycles. The van der Waals surface area contributed by atoms with Gasteiger partial charge in [-0.3, -0.25) is 4.79 Å². The van der Waals surface area contributed by atoms with E-state index in [0.717, 1.165) is 0 Å². The Morgan fingerprint density at radius 3 is 2.71 bits per heavy atom. The molecule has 1 aromatic rings. The first-order valence-electron chi connectivity index (χ1n) is 5.49. The first-order valence-corrected chi connectivity index (χ1v) is 5.49. The summed E-state index contributed by atoms with van der Waals surface area (Å²) < 4.78 is 5.21. The lowest BCUT2D eigenvalue weighted by Crippen LogP contribution is -2.39. The van der Waals surface area contributed by atoms with Crippen molar-refractivity contribution < 1.29 is 14.6 Å². The van der Waals surface area contributed by atoms with Gasteiger partial charge in [-0.1, -0.05) is 6.07 Å². The fourth-order valence-electron chi connectivity index (χ4n) is 1.33. The minimum absolute atomic E-state index is 0.128. The van der Waals surface area contributed by atoms with E-state index in [1.807, 2.05) is 13.8 Å². The number of benzene rings is 1. The molecule has 0 spiro atoms. The molecule has 94 valence electrons. The van der Waals surface area contributed by atoms with Crippen molar-refractivity contribution in [2.45, 2.75) is 26.4 Å². The van der Waals surface area contributed by atoms with Crippen molar-refractivity contribution in [1.82, 2.24) is 5.32 Å². The van der Waals surface area contributed by atoms with Gasteiger partial charge in [0.25, 0.3) is 5.91 Å². The van der Waals surface area contributed by atoms with Gasteiger partial charge in [-0.2, -0.15) is 0 Å². The predicted molar refractivity (Wildman–Crippen MR) is 66.3 cm³/mol. The summed E-state index contributed by atoms with van der Waals surface area (Å²) in [5, 5.41) is 12.3. The van der Waals surface area contributed by atoms with Crippen LogP contribution in [0, 0.1) is 6.92 Å². The van der Waals surface area contributed by atoms with E-state index < -0.39 is 5.60 Å². The molecule has 0 saturated heterocycles. The van der Waals surface area contributed by atoms with Gasteiger partial charge in [-0.05, 0) is 32.9 Å². The van der Waals surface area contributed by atoms with Crippen molar-refractivity contribution >= 4 is 5.91 Å². The zero-order chi connectivity index (χ0) is 13.1. The number of hydrogen-bond acceptors (Lipinski definition) is 3. The maximum absolute atomic E-state index is 11.9. The van der Waals surface area contributed by atoms with Gasteiger partial charge in [-0.15, -0.1) is 0 Å². The third-order valence-corrected chi connectivity index (χ3v) is 2.78. The molecule has 0 unspecified atom stereocenters. The van der Waals surface area contributed by atoms with Crippen molar-refractivity contribution in [3.05, 3.63) is 29.3 Å². The third-order valence-electron chi connectivity index (χ3n) is 2.78. The Morgan fingerprint density at radius 1 is 1.47 bits per heavy atom. The molecule has 0 atom stereocenters. The molecule has 0 aromatic heterocycles. The number of phenolic OH excluding ortho intramolecular Hbond substituents is 1. The number of aromatic hydroxyl groups is 1. The number of rotatable bonds is 4. The molecule has 0 fully saturated rings. The Kier molecular flexibility index (Phi) is 4.12. The van der Waals surface area contributed by atoms with Gasteiger partial charge in [0.05, 0.1) is 5.60 Å². The summed E-state index contributed by atoms with van der Waals surface area (Å²) in [5.74, 6) is -0.0767. The smallest absolute Gasteiger partial charge is 0.251 e. The Bertz CT molecular complexity index is 413. The minimum Gasteiger partial charge on any atom is -0.508 e. The molecule has 0 saturated carbocycles. The number of carbonyl (C=O) groups excluding carboxylic acids is 1. The largest absolute Gasteiger partial charge is 0.508 e. The average Bonchev–Trinajstić information content (AvgIpc) is 2.30. The summed E-state index contributed by atoms with van der Waals surface area (Å²) in [4.78, 5) is 11.9. The molecule has 0 aliphatic rings. The van der Waals surface area contributed by atoms with Crippen molar-refractivity contribution in [2.75, 3.05) is 13.7 Å². The van der Waals surface area contributed by atoms with Crippen LogP contribution < -0.4 is 5.32 Å². The van der Waals surface area contributed by atoms with Crippen LogP contribution in [0.1, 0.15) is 29.8 Å². The van der Waals surface area contributed by atoms with Crippen LogP contribution >= 0.6 is 0 Å². The number of phenols is 1. The predicted octanol–water partition coefficient (Wildman–Crippen LogP) is 1.86. The van der Waals surface area contributed by atoms with E-state index in [1.54, 1.807) is 32.2 Å². The lowest BCUT2D eigenvalue weighted by molar-refractivity contribution is 0.0228. The first kappa shape index (κ1) is 13.5. The van der Waals surface area contributed by atoms with Crippen LogP contribution in [0.25, 0.3) is 0 Å². The number of ether oxygens (including phenoxy) is 1. The molecule has 0 radical (unpaired) electrons. The quantitative estimate of drug-likeness (QED) is 0.840. The van der Waals surface area contributed by atoms with Gasteiger partial charge in [0, 0.05) is 24.8 Å². The second-order valence-corrected chi connectivity index (χ2v) is 4.60. The van der Waals surface area contributed by atoms with E-state index in [-0.39, 0.29) is 11.7 Å². The molecule has 17 heavy (non-hydrogen) atoms. The molecule has 1 rings (SSSR count). The van der Waals surface area contributed by atoms with Crippen LogP contribution in [0.2, 0.25) is 0 Å². The molecular formula is C13H19NO3. The average molecular weight is 237 g/mol. The van der Waals surface area contributed by atoms with E-state index >= 15 is 0 Å². The fraction of sp³-hybridized carbons (Fsp3) is 0.462. The van der Waals surface area contributed by atoms with Crippen LogP contribution in [0.4, 0.5) is 0 Å². The number of hydrogen-bond donors (Lipinski definition) is 2. The maximum Gasteiger partial charge on any atom is 0.251 e. The number of amides is 1. The van der Waals surface area contributed by atoms with E-state index in [9.17, 15) is 9.90 Å². The van der Waals surface area contributed by atoms with Crippen molar-refractivity contribution in [3.63, 3.8) is 0 Å². The van der Waals surface area contributed by atoms with Crippen molar-refractivity contribution in [3.8, 4) is 5.75 Å². The van der Waals surface area contributed by atoms with Gasteiger partial charge in [0.15, 0.2) is 0 Å². The summed E-state index contributed by atoms with van der Waals surface area (Å²) in [7, 11) is 1.60. The number of nitrogens with one attached hydrogen (secondary N) is 1. The second-order valence-electron chi connectivity index (χ2n) is 4.60. The highest BCUT2D eigenvalue weighted by atomic mass is 16.5. The SMILES string of the molecule is COC(C)(C)CNC(=O)c1cccc(O)c1C. The van der Waals surface area contributed by atoms with Gasteiger partial charge < -0.3 is 15.2 Å². The molecule has 0 bridgehead atoms. The van der Waals surface area contributed by atoms with E-state index in [0.29, 0.717) is 17.7 Å². The molecule has 1 amide bonds. The molecule has 1 aromatic carbocycles. The van der Waals surface area contributed by atoms with Gasteiger partial charge in [0.2, 0.25) is 0 Å². The van der Waals surface area contributed by atoms with Gasteiger partial charge in [0.1, 0.15) is 5.75 Å². The van der Waals surface area contributed by atoms with E-state index in [1.165, 1.54) is 0 Å². The standard InChI is InChI=1S/C13H19NO3/c1-9-10(6-5-7-11(9)15)12(16)14-8-13(2,3)17-4/h5-7,15H,8H2,1-4H3,(H,14,16).